The maximum atomic E-state index is 12.2. The predicted octanol–water partition coefficient (Wildman–Crippen LogP) is 4.42. The maximum absolute atomic E-state index is 12.2. The van der Waals surface area contributed by atoms with Crippen LogP contribution < -0.4 is 24.8 Å². The lowest BCUT2D eigenvalue weighted by Gasteiger charge is -2.29. The van der Waals surface area contributed by atoms with Crippen LogP contribution in [-0.2, 0) is 19.1 Å². The summed E-state index contributed by atoms with van der Waals surface area (Å²) >= 11 is 0. The van der Waals surface area contributed by atoms with Gasteiger partial charge in [0.25, 0.3) is 0 Å². The fourth-order valence-corrected chi connectivity index (χ4v) is 6.15. The molecule has 0 unspecified atom stereocenters. The molecule has 0 aliphatic rings. The van der Waals surface area contributed by atoms with Crippen LogP contribution in [0.5, 0.6) is 0 Å². The summed E-state index contributed by atoms with van der Waals surface area (Å²) in [4.78, 5) is 24.4. The normalized spacial score (nSPS) is 11.5. The fraction of sp³-hybridized carbons (Fsp3) is 0.950. The van der Waals surface area contributed by atoms with Gasteiger partial charge in [0.1, 0.15) is 26.3 Å². The third kappa shape index (κ3) is 38.2. The average molecular weight is 726 g/mol. The molecule has 0 aliphatic heterocycles. The van der Waals surface area contributed by atoms with Crippen LogP contribution >= 0.6 is 0 Å². The average Bonchev–Trinajstić information content (AvgIpc) is 3.01. The molecule has 0 amide bonds. The van der Waals surface area contributed by atoms with Crippen molar-refractivity contribution in [1.29, 1.82) is 0 Å². The van der Waals surface area contributed by atoms with Gasteiger partial charge in [-0.25, -0.2) is 0 Å². The standard InChI is InChI=1S/C40H82N2O4.2ClH/c1-7-9-11-13-15-17-19-21-23-25-27-29-33-41(3,4)35-37-45-39(43)31-32-40(44)46-38-36-42(5,6)34-30-28-26-24-22-20-18-16-14-12-10-8-2;;/h7-38H2,1-6H3;2*1H/q+2;;/p-2. The zero-order chi connectivity index (χ0) is 34.2. The van der Waals surface area contributed by atoms with E-state index in [1.807, 2.05) is 0 Å². The van der Waals surface area contributed by atoms with Gasteiger partial charge in [0.15, 0.2) is 0 Å². The van der Waals surface area contributed by atoms with Crippen LogP contribution in [0.4, 0.5) is 0 Å². The maximum Gasteiger partial charge on any atom is 0.306 e. The molecule has 0 bridgehead atoms. The van der Waals surface area contributed by atoms with Crippen LogP contribution in [0.1, 0.15) is 181 Å². The summed E-state index contributed by atoms with van der Waals surface area (Å²) in [6, 6.07) is 0. The number of carbonyl (C=O) groups is 2. The molecule has 0 aromatic rings. The molecule has 0 fully saturated rings. The Bertz CT molecular complexity index is 649. The summed E-state index contributed by atoms with van der Waals surface area (Å²) in [5.74, 6) is -0.601. The molecule has 0 N–H and O–H groups in total. The quantitative estimate of drug-likeness (QED) is 0.0553. The molecule has 0 aliphatic carbocycles. The molecule has 0 aromatic heterocycles. The number of hydrogen-bond donors (Lipinski definition) is 0. The van der Waals surface area contributed by atoms with Crippen molar-refractivity contribution in [3.05, 3.63) is 0 Å². The van der Waals surface area contributed by atoms with E-state index in [1.54, 1.807) is 0 Å². The summed E-state index contributed by atoms with van der Waals surface area (Å²) in [5.41, 5.74) is 0. The van der Waals surface area contributed by atoms with Crippen molar-refractivity contribution in [1.82, 2.24) is 0 Å². The van der Waals surface area contributed by atoms with Crippen LogP contribution in [0.3, 0.4) is 0 Å². The summed E-state index contributed by atoms with van der Waals surface area (Å²) in [5, 5.41) is 0. The number of rotatable bonds is 35. The van der Waals surface area contributed by atoms with Gasteiger partial charge < -0.3 is 43.3 Å². The lowest BCUT2D eigenvalue weighted by Crippen LogP contribution is -3.00. The highest BCUT2D eigenvalue weighted by Crippen LogP contribution is 2.14. The van der Waals surface area contributed by atoms with Crippen LogP contribution in [0.2, 0.25) is 0 Å². The fourth-order valence-electron chi connectivity index (χ4n) is 6.15. The van der Waals surface area contributed by atoms with E-state index in [4.69, 9.17) is 9.47 Å². The molecule has 0 rings (SSSR count). The minimum absolute atomic E-state index is 0. The minimum Gasteiger partial charge on any atom is -1.00 e. The lowest BCUT2D eigenvalue weighted by atomic mass is 10.1. The summed E-state index contributed by atoms with van der Waals surface area (Å²) in [6.07, 6.45) is 32.9. The third-order valence-electron chi connectivity index (χ3n) is 9.69. The van der Waals surface area contributed by atoms with Crippen LogP contribution in [-0.4, -0.2) is 88.5 Å². The van der Waals surface area contributed by atoms with E-state index in [2.05, 4.69) is 42.0 Å². The number of nitrogens with zero attached hydrogens (tertiary/aromatic N) is 2. The molecule has 8 heteroatoms. The number of carbonyl (C=O) groups excluding carboxylic acids is 2. The van der Waals surface area contributed by atoms with Crippen LogP contribution in [0, 0.1) is 0 Å². The Morgan fingerprint density at radius 1 is 0.375 bits per heavy atom. The number of likely N-dealkylation sites (N-methyl/N-ethyl adjacent to an activating group) is 2. The highest BCUT2D eigenvalue weighted by Gasteiger charge is 2.18. The Hall–Kier alpha value is -0.560. The second kappa shape index (κ2) is 36.2. The molecule has 48 heavy (non-hydrogen) atoms. The highest BCUT2D eigenvalue weighted by atomic mass is 35.5. The van der Waals surface area contributed by atoms with Gasteiger partial charge in [0.2, 0.25) is 0 Å². The number of esters is 2. The minimum atomic E-state index is -0.301. The topological polar surface area (TPSA) is 52.6 Å². The number of unbranched alkanes of at least 4 members (excludes halogenated alkanes) is 22. The van der Waals surface area contributed by atoms with E-state index in [0.717, 1.165) is 35.1 Å². The smallest absolute Gasteiger partial charge is 0.306 e. The number of halogens is 2. The summed E-state index contributed by atoms with van der Waals surface area (Å²) in [7, 11) is 8.84. The molecule has 0 atom stereocenters. The van der Waals surface area contributed by atoms with Crippen molar-refractivity contribution in [3.8, 4) is 0 Å². The Morgan fingerprint density at radius 3 is 0.854 bits per heavy atom. The molecule has 0 saturated heterocycles. The molecule has 0 radical (unpaired) electrons. The predicted molar refractivity (Wildman–Crippen MR) is 197 cm³/mol. The van der Waals surface area contributed by atoms with Gasteiger partial charge in [-0.15, -0.1) is 0 Å². The second-order valence-corrected chi connectivity index (χ2v) is 15.5. The van der Waals surface area contributed by atoms with Gasteiger partial charge in [-0.3, -0.25) is 9.59 Å². The van der Waals surface area contributed by atoms with Crippen molar-refractivity contribution in [2.24, 2.45) is 0 Å². The van der Waals surface area contributed by atoms with Gasteiger partial charge in [-0.1, -0.05) is 142 Å². The SMILES string of the molecule is CCCCCCCCCCCCCC[N+](C)(C)CCOC(=O)CCC(=O)OCC[N+](C)(C)CCCCCCCCCCCCCC.[Cl-].[Cl-]. The van der Waals surface area contributed by atoms with Crippen molar-refractivity contribution in [3.63, 3.8) is 0 Å². The first-order chi connectivity index (χ1) is 22.1. The van der Waals surface area contributed by atoms with Crippen molar-refractivity contribution < 1.29 is 52.8 Å². The van der Waals surface area contributed by atoms with Crippen molar-refractivity contribution in [2.75, 3.05) is 67.6 Å². The molecule has 0 spiro atoms. The zero-order valence-electron chi connectivity index (χ0n) is 32.9. The summed E-state index contributed by atoms with van der Waals surface area (Å²) in [6.45, 7) is 9.19. The molecule has 0 saturated carbocycles. The Balaban J connectivity index is -0.0000101. The molecule has 6 nitrogen and oxygen atoms in total. The third-order valence-corrected chi connectivity index (χ3v) is 9.69. The Kier molecular flexibility index (Phi) is 39.1. The number of ether oxygens (including phenoxy) is 2. The molecule has 0 aromatic carbocycles. The van der Waals surface area contributed by atoms with Crippen molar-refractivity contribution in [2.45, 2.75) is 181 Å². The van der Waals surface area contributed by atoms with E-state index < -0.39 is 0 Å². The Labute approximate surface area is 312 Å². The van der Waals surface area contributed by atoms with E-state index in [-0.39, 0.29) is 49.6 Å². The number of quaternary nitrogens is 2. The second-order valence-electron chi connectivity index (χ2n) is 15.5. The van der Waals surface area contributed by atoms with Gasteiger partial charge in [0.05, 0.1) is 54.1 Å². The molecular weight excluding hydrogens is 643 g/mol. The van der Waals surface area contributed by atoms with Crippen molar-refractivity contribution >= 4 is 11.9 Å². The monoisotopic (exact) mass is 725 g/mol. The largest absolute Gasteiger partial charge is 1.00 e. The lowest BCUT2D eigenvalue weighted by molar-refractivity contribution is -0.890. The van der Waals surface area contributed by atoms with E-state index in [1.165, 1.54) is 154 Å². The highest BCUT2D eigenvalue weighted by molar-refractivity contribution is 5.77. The van der Waals surface area contributed by atoms with Gasteiger partial charge in [-0.2, -0.15) is 0 Å². The Morgan fingerprint density at radius 2 is 0.604 bits per heavy atom. The van der Waals surface area contributed by atoms with E-state index in [9.17, 15) is 9.59 Å². The van der Waals surface area contributed by atoms with E-state index >= 15 is 0 Å². The number of hydrogen-bond acceptors (Lipinski definition) is 4. The first kappa shape index (κ1) is 51.8. The molecule has 290 valence electrons. The van der Waals surface area contributed by atoms with E-state index in [0.29, 0.717) is 13.2 Å². The van der Waals surface area contributed by atoms with Gasteiger partial charge in [0, 0.05) is 0 Å². The first-order valence-corrected chi connectivity index (χ1v) is 20.1. The zero-order valence-corrected chi connectivity index (χ0v) is 34.4. The summed E-state index contributed by atoms with van der Waals surface area (Å²) < 4.78 is 12.6. The van der Waals surface area contributed by atoms with Crippen LogP contribution in [0.25, 0.3) is 0 Å². The molecule has 0 heterocycles. The molecular formula is C40H82Cl2N2O4. The first-order valence-electron chi connectivity index (χ1n) is 20.1. The van der Waals surface area contributed by atoms with Crippen LogP contribution in [0.15, 0.2) is 0 Å². The van der Waals surface area contributed by atoms with Gasteiger partial charge >= 0.3 is 11.9 Å². The van der Waals surface area contributed by atoms with Gasteiger partial charge in [-0.05, 0) is 25.7 Å².